The van der Waals surface area contributed by atoms with Gasteiger partial charge in [-0.15, -0.1) is 0 Å². The van der Waals surface area contributed by atoms with Crippen LogP contribution in [0.3, 0.4) is 0 Å². The minimum Gasteiger partial charge on any atom is -0.326 e. The Morgan fingerprint density at radius 3 is 2.42 bits per heavy atom. The highest BCUT2D eigenvalue weighted by Crippen LogP contribution is 2.11. The van der Waals surface area contributed by atoms with Gasteiger partial charge in [-0.2, -0.15) is 0 Å². The maximum absolute atomic E-state index is 11.9. The molecule has 2 aromatic rings. The molecule has 0 atom stereocenters. The number of rotatable bonds is 4. The van der Waals surface area contributed by atoms with Crippen LogP contribution in [0.2, 0.25) is 0 Å². The Morgan fingerprint density at radius 2 is 1.79 bits per heavy atom. The molecule has 0 aliphatic rings. The van der Waals surface area contributed by atoms with Crippen LogP contribution in [-0.4, -0.2) is 5.91 Å². The molecule has 0 radical (unpaired) electrons. The van der Waals surface area contributed by atoms with Gasteiger partial charge in [-0.3, -0.25) is 4.79 Å². The van der Waals surface area contributed by atoms with Crippen molar-refractivity contribution in [2.45, 2.75) is 26.7 Å². The number of carbonyl (C=O) groups excluding carboxylic acids is 1. The number of aryl methyl sites for hydroxylation is 2. The Balaban J connectivity index is 1.97. The van der Waals surface area contributed by atoms with Crippen LogP contribution >= 0.6 is 0 Å². The molecular formula is C17H19NO. The van der Waals surface area contributed by atoms with E-state index in [2.05, 4.69) is 12.2 Å². The Bertz CT molecular complexity index is 558. The van der Waals surface area contributed by atoms with E-state index in [9.17, 15) is 4.79 Å². The highest BCUT2D eigenvalue weighted by Gasteiger charge is 2.04. The number of benzene rings is 2. The fraction of sp³-hybridized carbons (Fsp3) is 0.235. The quantitative estimate of drug-likeness (QED) is 0.883. The summed E-state index contributed by atoms with van der Waals surface area (Å²) in [5.74, 6) is 0.0230. The molecule has 98 valence electrons. The summed E-state index contributed by atoms with van der Waals surface area (Å²) in [5.41, 5.74) is 4.35. The monoisotopic (exact) mass is 253 g/mol. The second kappa shape index (κ2) is 6.19. The number of amides is 1. The molecule has 19 heavy (non-hydrogen) atoms. The maximum Gasteiger partial charge on any atom is 0.228 e. The van der Waals surface area contributed by atoms with E-state index in [1.165, 1.54) is 11.1 Å². The van der Waals surface area contributed by atoms with Crippen molar-refractivity contribution in [3.63, 3.8) is 0 Å². The molecule has 2 aromatic carbocycles. The summed E-state index contributed by atoms with van der Waals surface area (Å²) in [6.45, 7) is 4.15. The zero-order valence-corrected chi connectivity index (χ0v) is 11.4. The second-order valence-corrected chi connectivity index (χ2v) is 4.76. The minimum atomic E-state index is 0.0230. The Labute approximate surface area is 114 Å². The van der Waals surface area contributed by atoms with Crippen LogP contribution in [0.25, 0.3) is 0 Å². The normalized spacial score (nSPS) is 10.2. The van der Waals surface area contributed by atoms with E-state index < -0.39 is 0 Å². The number of hydrogen-bond donors (Lipinski definition) is 1. The summed E-state index contributed by atoms with van der Waals surface area (Å²) in [4.78, 5) is 11.9. The molecule has 0 unspecified atom stereocenters. The Kier molecular flexibility index (Phi) is 4.35. The van der Waals surface area contributed by atoms with Gasteiger partial charge in [0.25, 0.3) is 0 Å². The lowest BCUT2D eigenvalue weighted by atomic mass is 10.1. The Hall–Kier alpha value is -2.09. The van der Waals surface area contributed by atoms with Crippen LogP contribution in [0.5, 0.6) is 0 Å². The van der Waals surface area contributed by atoms with Crippen LogP contribution in [-0.2, 0) is 17.6 Å². The first-order chi connectivity index (χ1) is 9.17. The Morgan fingerprint density at radius 1 is 1.05 bits per heavy atom. The van der Waals surface area contributed by atoms with E-state index in [1.807, 2.05) is 55.5 Å². The molecule has 0 saturated heterocycles. The first-order valence-electron chi connectivity index (χ1n) is 6.61. The highest BCUT2D eigenvalue weighted by molar-refractivity contribution is 5.92. The number of anilines is 1. The molecule has 0 saturated carbocycles. The number of nitrogens with one attached hydrogen (secondary N) is 1. The predicted octanol–water partition coefficient (Wildman–Crippen LogP) is 3.74. The summed E-state index contributed by atoms with van der Waals surface area (Å²) in [7, 11) is 0. The molecule has 0 aliphatic carbocycles. The van der Waals surface area contributed by atoms with E-state index >= 15 is 0 Å². The second-order valence-electron chi connectivity index (χ2n) is 4.76. The van der Waals surface area contributed by atoms with Crippen LogP contribution in [0, 0.1) is 6.92 Å². The van der Waals surface area contributed by atoms with E-state index in [1.54, 1.807) is 0 Å². The molecule has 0 spiro atoms. The maximum atomic E-state index is 11.9. The van der Waals surface area contributed by atoms with Gasteiger partial charge in [0.05, 0.1) is 6.42 Å². The molecule has 0 heterocycles. The van der Waals surface area contributed by atoms with Crippen molar-refractivity contribution in [2.24, 2.45) is 0 Å². The van der Waals surface area contributed by atoms with E-state index in [4.69, 9.17) is 0 Å². The molecule has 0 fully saturated rings. The van der Waals surface area contributed by atoms with E-state index in [0.717, 1.165) is 17.7 Å². The summed E-state index contributed by atoms with van der Waals surface area (Å²) in [5, 5.41) is 2.92. The minimum absolute atomic E-state index is 0.0230. The van der Waals surface area contributed by atoms with Crippen molar-refractivity contribution in [1.29, 1.82) is 0 Å². The fourth-order valence-corrected chi connectivity index (χ4v) is 2.04. The van der Waals surface area contributed by atoms with Crippen LogP contribution in [0.4, 0.5) is 5.69 Å². The van der Waals surface area contributed by atoms with Crippen molar-refractivity contribution in [3.05, 3.63) is 65.2 Å². The average Bonchev–Trinajstić information content (AvgIpc) is 2.39. The van der Waals surface area contributed by atoms with Gasteiger partial charge in [0.15, 0.2) is 0 Å². The number of hydrogen-bond acceptors (Lipinski definition) is 1. The van der Waals surface area contributed by atoms with Crippen LogP contribution < -0.4 is 5.32 Å². The molecule has 0 aliphatic heterocycles. The fourth-order valence-electron chi connectivity index (χ4n) is 2.04. The molecule has 2 nitrogen and oxygen atoms in total. The lowest BCUT2D eigenvalue weighted by molar-refractivity contribution is -0.115. The third kappa shape index (κ3) is 3.95. The van der Waals surface area contributed by atoms with Crippen molar-refractivity contribution in [3.8, 4) is 0 Å². The van der Waals surface area contributed by atoms with Crippen LogP contribution in [0.15, 0.2) is 48.5 Å². The lowest BCUT2D eigenvalue weighted by Gasteiger charge is -2.06. The van der Waals surface area contributed by atoms with Gasteiger partial charge in [-0.05, 0) is 36.6 Å². The van der Waals surface area contributed by atoms with E-state index in [-0.39, 0.29) is 5.91 Å². The predicted molar refractivity (Wildman–Crippen MR) is 79.3 cm³/mol. The lowest BCUT2D eigenvalue weighted by Crippen LogP contribution is -2.14. The molecule has 1 amide bonds. The SMILES string of the molecule is CCc1ccc(NC(=O)Cc2cccc(C)c2)cc1. The van der Waals surface area contributed by atoms with Gasteiger partial charge in [0, 0.05) is 5.69 Å². The average molecular weight is 253 g/mol. The van der Waals surface area contributed by atoms with Crippen molar-refractivity contribution >= 4 is 11.6 Å². The molecule has 2 rings (SSSR count). The molecule has 1 N–H and O–H groups in total. The highest BCUT2D eigenvalue weighted by atomic mass is 16.1. The largest absolute Gasteiger partial charge is 0.326 e. The van der Waals surface area contributed by atoms with Gasteiger partial charge >= 0.3 is 0 Å². The van der Waals surface area contributed by atoms with Gasteiger partial charge < -0.3 is 5.32 Å². The van der Waals surface area contributed by atoms with Gasteiger partial charge in [0.2, 0.25) is 5.91 Å². The van der Waals surface area contributed by atoms with Crippen LogP contribution in [0.1, 0.15) is 23.6 Å². The zero-order chi connectivity index (χ0) is 13.7. The van der Waals surface area contributed by atoms with Gasteiger partial charge in [0.1, 0.15) is 0 Å². The van der Waals surface area contributed by atoms with Gasteiger partial charge in [-0.25, -0.2) is 0 Å². The number of carbonyl (C=O) groups is 1. The summed E-state index contributed by atoms with van der Waals surface area (Å²) in [6, 6.07) is 16.0. The third-order valence-corrected chi connectivity index (χ3v) is 3.09. The standard InChI is InChI=1S/C17H19NO/c1-3-14-7-9-16(10-8-14)18-17(19)12-15-6-4-5-13(2)11-15/h4-11H,3,12H2,1-2H3,(H,18,19). The smallest absolute Gasteiger partial charge is 0.228 e. The van der Waals surface area contributed by atoms with E-state index in [0.29, 0.717) is 6.42 Å². The van der Waals surface area contributed by atoms with Crippen molar-refractivity contribution < 1.29 is 4.79 Å². The summed E-state index contributed by atoms with van der Waals surface area (Å²) < 4.78 is 0. The van der Waals surface area contributed by atoms with Gasteiger partial charge in [-0.1, -0.05) is 48.9 Å². The molecule has 0 bridgehead atoms. The van der Waals surface area contributed by atoms with Crippen molar-refractivity contribution in [2.75, 3.05) is 5.32 Å². The molecule has 2 heteroatoms. The van der Waals surface area contributed by atoms with Crippen molar-refractivity contribution in [1.82, 2.24) is 0 Å². The molecular weight excluding hydrogens is 234 g/mol. The third-order valence-electron chi connectivity index (χ3n) is 3.09. The molecule has 0 aromatic heterocycles. The summed E-state index contributed by atoms with van der Waals surface area (Å²) >= 11 is 0. The first-order valence-corrected chi connectivity index (χ1v) is 6.61. The zero-order valence-electron chi connectivity index (χ0n) is 11.4. The summed E-state index contributed by atoms with van der Waals surface area (Å²) in [6.07, 6.45) is 1.43. The first kappa shape index (κ1) is 13.3. The topological polar surface area (TPSA) is 29.1 Å².